The van der Waals surface area contributed by atoms with Gasteiger partial charge in [-0.15, -0.1) is 0 Å². The summed E-state index contributed by atoms with van der Waals surface area (Å²) < 4.78 is 22.9. The summed E-state index contributed by atoms with van der Waals surface area (Å²) in [7, 11) is 0. The van der Waals surface area contributed by atoms with Gasteiger partial charge in [0.25, 0.3) is 0 Å². The number of fused-ring (bicyclic) bond motifs is 1. The molecule has 1 aliphatic carbocycles. The molecule has 3 fully saturated rings. The maximum atomic E-state index is 11.1. The van der Waals surface area contributed by atoms with Crippen LogP contribution in [0.15, 0.2) is 24.3 Å². The highest BCUT2D eigenvalue weighted by Crippen LogP contribution is 2.38. The Labute approximate surface area is 225 Å². The van der Waals surface area contributed by atoms with E-state index in [0.29, 0.717) is 12.6 Å². The Morgan fingerprint density at radius 3 is 2.35 bits per heavy atom. The number of hydrazine groups is 1. The van der Waals surface area contributed by atoms with Gasteiger partial charge in [-0.1, -0.05) is 32.0 Å². The number of para-hydroxylation sites is 1. The van der Waals surface area contributed by atoms with Crippen molar-refractivity contribution in [2.24, 2.45) is 11.8 Å². The topological polar surface area (TPSA) is 72.8 Å². The largest absolute Gasteiger partial charge is 0.341 e. The van der Waals surface area contributed by atoms with Crippen molar-refractivity contribution in [3.63, 3.8) is 0 Å². The molecule has 206 valence electrons. The monoisotopic (exact) mass is 529 g/mol. The molecule has 1 saturated carbocycles. The van der Waals surface area contributed by atoms with Crippen molar-refractivity contribution in [1.29, 1.82) is 0 Å². The third-order valence-corrected chi connectivity index (χ3v) is 9.74. The first-order valence-electron chi connectivity index (χ1n) is 14.7. The lowest BCUT2D eigenvalue weighted by molar-refractivity contribution is 0.0889. The van der Waals surface area contributed by atoms with Crippen molar-refractivity contribution in [1.82, 2.24) is 24.6 Å². The van der Waals surface area contributed by atoms with Crippen LogP contribution < -0.4 is 10.3 Å². The summed E-state index contributed by atoms with van der Waals surface area (Å²) >= 11 is -2.05. The van der Waals surface area contributed by atoms with Crippen LogP contribution in [0.4, 0.5) is 0 Å². The first-order valence-corrected chi connectivity index (χ1v) is 15.8. The second kappa shape index (κ2) is 12.7. The van der Waals surface area contributed by atoms with Crippen LogP contribution in [0.1, 0.15) is 82.5 Å². The molecule has 7 nitrogen and oxygen atoms in total. The number of hydrogen-bond donors (Lipinski definition) is 3. The number of aromatic nitrogens is 1. The van der Waals surface area contributed by atoms with Crippen molar-refractivity contribution in [2.45, 2.75) is 90.3 Å². The van der Waals surface area contributed by atoms with Gasteiger partial charge in [-0.25, -0.2) is 9.63 Å². The molecule has 2 aromatic rings. The van der Waals surface area contributed by atoms with E-state index >= 15 is 0 Å². The van der Waals surface area contributed by atoms with E-state index in [1.165, 1.54) is 99.7 Å². The molecular formula is C29H47N5O2S. The van der Waals surface area contributed by atoms with Crippen LogP contribution in [0.3, 0.4) is 0 Å². The minimum Gasteiger partial charge on any atom is -0.341 e. The predicted octanol–water partition coefficient (Wildman–Crippen LogP) is 4.86. The normalized spacial score (nSPS) is 25.4. The van der Waals surface area contributed by atoms with E-state index in [1.54, 1.807) is 0 Å². The second-order valence-corrected chi connectivity index (χ2v) is 12.6. The third kappa shape index (κ3) is 6.48. The minimum absolute atomic E-state index is 0.510. The molecule has 8 heteroatoms. The zero-order valence-corrected chi connectivity index (χ0v) is 23.6. The van der Waals surface area contributed by atoms with Gasteiger partial charge < -0.3 is 9.47 Å². The summed E-state index contributed by atoms with van der Waals surface area (Å²) in [6, 6.07) is 10.2. The predicted molar refractivity (Wildman–Crippen MR) is 152 cm³/mol. The van der Waals surface area contributed by atoms with E-state index in [-0.39, 0.29) is 0 Å². The van der Waals surface area contributed by atoms with Gasteiger partial charge in [-0.2, -0.15) is 4.83 Å². The fourth-order valence-electron chi connectivity index (χ4n) is 7.35. The number of hydrogen-bond acceptors (Lipinski definition) is 4. The molecule has 0 amide bonds. The smallest absolute Gasteiger partial charge is 0.245 e. The van der Waals surface area contributed by atoms with Crippen LogP contribution in [-0.2, 0) is 24.2 Å². The third-order valence-electron chi connectivity index (χ3n) is 9.42. The number of benzene rings is 1. The Morgan fingerprint density at radius 1 is 0.973 bits per heavy atom. The van der Waals surface area contributed by atoms with Crippen molar-refractivity contribution in [2.75, 3.05) is 32.7 Å². The Bertz CT molecular complexity index is 1030. The summed E-state index contributed by atoms with van der Waals surface area (Å²) in [6.07, 6.45) is 11.4. The van der Waals surface area contributed by atoms with Crippen LogP contribution in [0.5, 0.6) is 0 Å². The van der Waals surface area contributed by atoms with Crippen molar-refractivity contribution in [3.05, 3.63) is 35.5 Å². The molecule has 0 spiro atoms. The zero-order chi connectivity index (χ0) is 25.8. The molecule has 2 saturated heterocycles. The minimum atomic E-state index is -2.05. The van der Waals surface area contributed by atoms with Gasteiger partial charge in [0.2, 0.25) is 11.3 Å². The van der Waals surface area contributed by atoms with E-state index in [9.17, 15) is 4.21 Å². The van der Waals surface area contributed by atoms with Gasteiger partial charge in [-0.05, 0) is 87.9 Å². The Balaban J connectivity index is 1.34. The van der Waals surface area contributed by atoms with Gasteiger partial charge in [-0.3, -0.25) is 9.45 Å². The summed E-state index contributed by atoms with van der Waals surface area (Å²) in [5.74, 6) is 1.74. The van der Waals surface area contributed by atoms with Gasteiger partial charge >= 0.3 is 0 Å². The van der Waals surface area contributed by atoms with Crippen LogP contribution in [0.25, 0.3) is 10.9 Å². The van der Waals surface area contributed by atoms with Gasteiger partial charge in [0.1, 0.15) is 0 Å². The summed E-state index contributed by atoms with van der Waals surface area (Å²) in [6.45, 7) is 11.1. The molecule has 0 radical (unpaired) electrons. The number of piperidine rings is 1. The Kier molecular flexibility index (Phi) is 9.37. The zero-order valence-electron chi connectivity index (χ0n) is 22.8. The number of rotatable bonds is 10. The fourth-order valence-corrected chi connectivity index (χ4v) is 7.58. The standard InChI is InChI=1S/C29H47N5O2S/c1-22(2)23-9-11-24(12-10-23)33-19-14-25(15-20-33)34-28-8-4-3-7-26(28)27(21-32-17-5-6-18-32)29(34)13-16-30-31-37(35)36/h3-4,7-8,22-25,30-31H,5-6,9-21H2,1-2H3,(H,35,36). The van der Waals surface area contributed by atoms with Crippen LogP contribution in [0.2, 0.25) is 0 Å². The molecule has 37 heavy (non-hydrogen) atoms. The molecule has 2 aliphatic heterocycles. The molecule has 3 N–H and O–H groups in total. The molecule has 1 aromatic carbocycles. The molecule has 5 rings (SSSR count). The van der Waals surface area contributed by atoms with Crippen molar-refractivity contribution < 1.29 is 8.76 Å². The van der Waals surface area contributed by atoms with E-state index in [2.05, 4.69) is 62.7 Å². The first kappa shape index (κ1) is 27.3. The Morgan fingerprint density at radius 2 is 1.68 bits per heavy atom. The molecule has 1 aromatic heterocycles. The highest BCUT2D eigenvalue weighted by Gasteiger charge is 2.32. The number of likely N-dealkylation sites (tertiary alicyclic amines) is 2. The lowest BCUT2D eigenvalue weighted by Crippen LogP contribution is -2.44. The van der Waals surface area contributed by atoms with E-state index in [1.807, 2.05) is 0 Å². The van der Waals surface area contributed by atoms with Crippen molar-refractivity contribution >= 4 is 22.2 Å². The average molecular weight is 530 g/mol. The molecule has 3 heterocycles. The summed E-state index contributed by atoms with van der Waals surface area (Å²) in [5, 5.41) is 1.39. The van der Waals surface area contributed by atoms with Crippen molar-refractivity contribution in [3.8, 4) is 0 Å². The maximum Gasteiger partial charge on any atom is 0.245 e. The summed E-state index contributed by atoms with van der Waals surface area (Å²) in [5.41, 5.74) is 7.18. The quantitative estimate of drug-likeness (QED) is 0.233. The van der Waals surface area contributed by atoms with Gasteiger partial charge in [0, 0.05) is 61.3 Å². The number of nitrogens with one attached hydrogen (secondary N) is 2. The molecular weight excluding hydrogens is 482 g/mol. The SMILES string of the molecule is CC(C)C1CCC(N2CCC(n3c(CCNNS(=O)O)c(CN4CCCC4)c4ccccc43)CC2)CC1. The summed E-state index contributed by atoms with van der Waals surface area (Å²) in [4.78, 5) is 7.84. The molecule has 1 unspecified atom stereocenters. The second-order valence-electron chi connectivity index (χ2n) is 11.9. The lowest BCUT2D eigenvalue weighted by Gasteiger charge is -2.42. The van der Waals surface area contributed by atoms with Gasteiger partial charge in [0.15, 0.2) is 0 Å². The lowest BCUT2D eigenvalue weighted by atomic mass is 9.79. The Hall–Kier alpha value is -1.29. The van der Waals surface area contributed by atoms with Crippen LogP contribution >= 0.6 is 0 Å². The molecule has 1 atom stereocenters. The first-order chi connectivity index (χ1) is 18.0. The van der Waals surface area contributed by atoms with Crippen LogP contribution in [-0.4, -0.2) is 61.9 Å². The van der Waals surface area contributed by atoms with Crippen LogP contribution in [0, 0.1) is 11.8 Å². The molecule has 3 aliphatic rings. The molecule has 0 bridgehead atoms. The van der Waals surface area contributed by atoms with E-state index in [4.69, 9.17) is 4.55 Å². The van der Waals surface area contributed by atoms with E-state index in [0.717, 1.165) is 30.8 Å². The highest BCUT2D eigenvalue weighted by molar-refractivity contribution is 7.77. The fraction of sp³-hybridized carbons (Fsp3) is 0.724. The number of nitrogens with zero attached hydrogens (tertiary/aromatic N) is 3. The van der Waals surface area contributed by atoms with Gasteiger partial charge in [0.05, 0.1) is 0 Å². The van der Waals surface area contributed by atoms with E-state index < -0.39 is 11.3 Å². The maximum absolute atomic E-state index is 11.1. The highest BCUT2D eigenvalue weighted by atomic mass is 32.2. The average Bonchev–Trinajstić information content (AvgIpc) is 3.53.